The summed E-state index contributed by atoms with van der Waals surface area (Å²) in [7, 11) is 1.56. The molecule has 3 amide bonds. The number of ether oxygens (including phenoxy) is 2. The smallest absolute Gasteiger partial charge is 0.317 e. The van der Waals surface area contributed by atoms with Gasteiger partial charge in [0.1, 0.15) is 24.7 Å². The van der Waals surface area contributed by atoms with Crippen LogP contribution >= 0.6 is 11.3 Å². The van der Waals surface area contributed by atoms with Crippen molar-refractivity contribution in [1.82, 2.24) is 15.1 Å². The lowest BCUT2D eigenvalue weighted by Gasteiger charge is -2.37. The van der Waals surface area contributed by atoms with Gasteiger partial charge >= 0.3 is 6.03 Å². The summed E-state index contributed by atoms with van der Waals surface area (Å²) in [5.41, 5.74) is 1.06. The van der Waals surface area contributed by atoms with E-state index in [1.807, 2.05) is 18.4 Å². The number of hydrogen-bond acceptors (Lipinski definition) is 5. The van der Waals surface area contributed by atoms with Crippen molar-refractivity contribution in [2.75, 3.05) is 46.5 Å². The normalized spacial score (nSPS) is 15.3. The molecule has 0 unspecified atom stereocenters. The number of rotatable bonds is 9. The molecule has 168 valence electrons. The first-order chi connectivity index (χ1) is 15.0. The van der Waals surface area contributed by atoms with E-state index in [2.05, 4.69) is 5.32 Å². The average molecular weight is 450 g/mol. The largest absolute Gasteiger partial charge is 0.491 e. The monoisotopic (exact) mass is 449 g/mol. The van der Waals surface area contributed by atoms with Gasteiger partial charge in [-0.15, -0.1) is 11.3 Å². The van der Waals surface area contributed by atoms with Crippen molar-refractivity contribution in [2.24, 2.45) is 0 Å². The molecule has 1 N–H and O–H groups in total. The van der Waals surface area contributed by atoms with E-state index in [0.29, 0.717) is 32.0 Å². The van der Waals surface area contributed by atoms with Crippen LogP contribution < -0.4 is 10.1 Å². The van der Waals surface area contributed by atoms with Crippen LogP contribution in [0.2, 0.25) is 0 Å². The number of urea groups is 1. The lowest BCUT2D eigenvalue weighted by Crippen LogP contribution is -2.50. The second-order valence-electron chi connectivity index (χ2n) is 7.17. The number of methoxy groups -OCH3 is 1. The van der Waals surface area contributed by atoms with Gasteiger partial charge in [-0.2, -0.15) is 0 Å². The topological polar surface area (TPSA) is 71.1 Å². The number of thiophene rings is 1. The Kier molecular flexibility index (Phi) is 8.25. The van der Waals surface area contributed by atoms with Gasteiger partial charge in [0, 0.05) is 31.6 Å². The predicted molar refractivity (Wildman–Crippen MR) is 117 cm³/mol. The molecule has 1 atom stereocenters. The van der Waals surface area contributed by atoms with E-state index in [1.165, 1.54) is 21.9 Å². The number of hydrogen-bond donors (Lipinski definition) is 1. The summed E-state index contributed by atoms with van der Waals surface area (Å²) < 4.78 is 24.2. The van der Waals surface area contributed by atoms with Gasteiger partial charge in [0.25, 0.3) is 0 Å². The molecule has 2 heterocycles. The number of halogens is 1. The minimum Gasteiger partial charge on any atom is -0.491 e. The van der Waals surface area contributed by atoms with Crippen molar-refractivity contribution in [1.29, 1.82) is 0 Å². The van der Waals surface area contributed by atoms with Gasteiger partial charge in [0.15, 0.2) is 0 Å². The molecule has 1 aliphatic rings. The standard InChI is InChI=1S/C22H28FN3O4S/c1-3-24-22(28)25(11-12-29-2)14-21(27)26-10-8-20-18(9-13-31-20)19(26)15-30-17-6-4-16(23)5-7-17/h4-7,9,13,19H,3,8,10-12,14-15H2,1-2H3,(H,24,28)/t19-/m1/s1. The first-order valence-electron chi connectivity index (χ1n) is 10.3. The zero-order chi connectivity index (χ0) is 22.2. The Morgan fingerprint density at radius 1 is 1.29 bits per heavy atom. The van der Waals surface area contributed by atoms with Crippen LogP contribution in [-0.4, -0.2) is 68.2 Å². The Morgan fingerprint density at radius 3 is 2.77 bits per heavy atom. The predicted octanol–water partition coefficient (Wildman–Crippen LogP) is 3.07. The van der Waals surface area contributed by atoms with Gasteiger partial charge in [-0.3, -0.25) is 4.79 Å². The SMILES string of the molecule is CCNC(=O)N(CCOC)CC(=O)N1CCc2sccc2[C@H]1COc1ccc(F)cc1. The third kappa shape index (κ3) is 5.95. The van der Waals surface area contributed by atoms with Crippen molar-refractivity contribution in [3.05, 3.63) is 52.0 Å². The maximum Gasteiger partial charge on any atom is 0.317 e. The number of amides is 3. The van der Waals surface area contributed by atoms with E-state index in [9.17, 15) is 14.0 Å². The van der Waals surface area contributed by atoms with Crippen LogP contribution in [0.15, 0.2) is 35.7 Å². The van der Waals surface area contributed by atoms with E-state index >= 15 is 0 Å². The van der Waals surface area contributed by atoms with Crippen LogP contribution in [-0.2, 0) is 16.0 Å². The van der Waals surface area contributed by atoms with Gasteiger partial charge in [-0.05, 0) is 54.6 Å². The molecule has 3 rings (SSSR count). The fourth-order valence-corrected chi connectivity index (χ4v) is 4.48. The maximum absolute atomic E-state index is 13.2. The van der Waals surface area contributed by atoms with Crippen molar-refractivity contribution in [3.8, 4) is 5.75 Å². The van der Waals surface area contributed by atoms with Crippen molar-refractivity contribution >= 4 is 23.3 Å². The minimum absolute atomic E-state index is 0.0400. The van der Waals surface area contributed by atoms with Crippen LogP contribution in [0.5, 0.6) is 5.75 Å². The molecule has 0 saturated heterocycles. The van der Waals surface area contributed by atoms with Crippen molar-refractivity contribution in [3.63, 3.8) is 0 Å². The molecule has 0 radical (unpaired) electrons. The number of fused-ring (bicyclic) bond motifs is 1. The lowest BCUT2D eigenvalue weighted by atomic mass is 10.0. The fraction of sp³-hybridized carbons (Fsp3) is 0.455. The number of nitrogens with one attached hydrogen (secondary N) is 1. The number of carbonyl (C=O) groups is 2. The molecule has 0 bridgehead atoms. The maximum atomic E-state index is 13.2. The van der Waals surface area contributed by atoms with Gasteiger partial charge in [0.2, 0.25) is 5.91 Å². The van der Waals surface area contributed by atoms with Gasteiger partial charge in [-0.1, -0.05) is 0 Å². The third-order valence-electron chi connectivity index (χ3n) is 5.14. The van der Waals surface area contributed by atoms with Crippen LogP contribution in [0.1, 0.15) is 23.4 Å². The molecular weight excluding hydrogens is 421 g/mol. The zero-order valence-corrected chi connectivity index (χ0v) is 18.6. The number of nitrogens with zero attached hydrogens (tertiary/aromatic N) is 2. The summed E-state index contributed by atoms with van der Waals surface area (Å²) in [6, 6.07) is 7.28. The van der Waals surface area contributed by atoms with Crippen LogP contribution in [0.25, 0.3) is 0 Å². The minimum atomic E-state index is -0.330. The van der Waals surface area contributed by atoms with Crippen molar-refractivity contribution in [2.45, 2.75) is 19.4 Å². The Hall–Kier alpha value is -2.65. The molecule has 9 heteroatoms. The highest BCUT2D eigenvalue weighted by atomic mass is 32.1. The molecule has 31 heavy (non-hydrogen) atoms. The first kappa shape index (κ1) is 23.0. The highest BCUT2D eigenvalue weighted by Gasteiger charge is 2.33. The summed E-state index contributed by atoms with van der Waals surface area (Å²) in [5, 5.41) is 4.76. The molecule has 0 aliphatic carbocycles. The van der Waals surface area contributed by atoms with Gasteiger partial charge < -0.3 is 24.6 Å². The quantitative estimate of drug-likeness (QED) is 0.639. The van der Waals surface area contributed by atoms with Crippen LogP contribution in [0.4, 0.5) is 9.18 Å². The molecule has 7 nitrogen and oxygen atoms in total. The molecule has 0 spiro atoms. The van der Waals surface area contributed by atoms with E-state index in [0.717, 1.165) is 12.0 Å². The van der Waals surface area contributed by atoms with E-state index in [1.54, 1.807) is 35.5 Å². The summed E-state index contributed by atoms with van der Waals surface area (Å²) in [6.45, 7) is 3.74. The number of carbonyl (C=O) groups excluding carboxylic acids is 2. The molecule has 2 aromatic rings. The van der Waals surface area contributed by atoms with Gasteiger partial charge in [0.05, 0.1) is 12.6 Å². The van der Waals surface area contributed by atoms with Gasteiger partial charge in [-0.25, -0.2) is 9.18 Å². The summed E-state index contributed by atoms with van der Waals surface area (Å²) in [5.74, 6) is 0.0653. The van der Waals surface area contributed by atoms with E-state index in [-0.39, 0.29) is 36.9 Å². The molecule has 1 aromatic carbocycles. The van der Waals surface area contributed by atoms with Crippen molar-refractivity contribution < 1.29 is 23.5 Å². The summed E-state index contributed by atoms with van der Waals surface area (Å²) in [4.78, 5) is 30.1. The third-order valence-corrected chi connectivity index (χ3v) is 6.14. The molecular formula is C22H28FN3O4S. The zero-order valence-electron chi connectivity index (χ0n) is 17.8. The lowest BCUT2D eigenvalue weighted by molar-refractivity contribution is -0.135. The Labute approximate surface area is 185 Å². The second kappa shape index (κ2) is 11.1. The van der Waals surface area contributed by atoms with E-state index < -0.39 is 0 Å². The van der Waals surface area contributed by atoms with Crippen LogP contribution in [0.3, 0.4) is 0 Å². The van der Waals surface area contributed by atoms with Crippen LogP contribution in [0, 0.1) is 5.82 Å². The number of benzene rings is 1. The molecule has 0 saturated carbocycles. The van der Waals surface area contributed by atoms with E-state index in [4.69, 9.17) is 9.47 Å². The summed E-state index contributed by atoms with van der Waals surface area (Å²) in [6.07, 6.45) is 0.769. The Bertz CT molecular complexity index is 874. The first-order valence-corrected chi connectivity index (χ1v) is 11.2. The fourth-order valence-electron chi connectivity index (χ4n) is 3.55. The highest BCUT2D eigenvalue weighted by molar-refractivity contribution is 7.10. The molecule has 1 aromatic heterocycles. The Morgan fingerprint density at radius 2 is 2.06 bits per heavy atom. The Balaban J connectivity index is 1.74. The summed E-state index contributed by atoms with van der Waals surface area (Å²) >= 11 is 1.67. The molecule has 1 aliphatic heterocycles. The average Bonchev–Trinajstić information content (AvgIpc) is 3.25. The second-order valence-corrected chi connectivity index (χ2v) is 8.17. The highest BCUT2D eigenvalue weighted by Crippen LogP contribution is 2.34. The molecule has 0 fully saturated rings.